The van der Waals surface area contributed by atoms with Crippen LogP contribution in [0.3, 0.4) is 0 Å². The first-order valence-electron chi connectivity index (χ1n) is 8.59. The molecule has 3 rings (SSSR count). The van der Waals surface area contributed by atoms with Crippen LogP contribution in [0.2, 0.25) is 0 Å². The Labute approximate surface area is 158 Å². The van der Waals surface area contributed by atoms with Gasteiger partial charge in [-0.1, -0.05) is 31.0 Å². The van der Waals surface area contributed by atoms with Gasteiger partial charge in [-0.05, 0) is 25.0 Å². The van der Waals surface area contributed by atoms with Gasteiger partial charge in [-0.25, -0.2) is 4.68 Å². The average Bonchev–Trinajstić information content (AvgIpc) is 3.30. The number of aromatic nitrogens is 2. The van der Waals surface area contributed by atoms with Crippen molar-refractivity contribution in [3.05, 3.63) is 42.1 Å². The summed E-state index contributed by atoms with van der Waals surface area (Å²) < 4.78 is 1.75. The minimum Gasteiger partial charge on any atom is -0.346 e. The molecule has 1 fully saturated rings. The fourth-order valence-corrected chi connectivity index (χ4v) is 3.11. The van der Waals surface area contributed by atoms with Crippen molar-refractivity contribution in [1.82, 2.24) is 15.1 Å². The molecule has 1 aromatic heterocycles. The summed E-state index contributed by atoms with van der Waals surface area (Å²) in [7, 11) is 0. The predicted molar refractivity (Wildman–Crippen MR) is 103 cm³/mol. The fourth-order valence-electron chi connectivity index (χ4n) is 3.11. The number of nitrogens with two attached hydrogens (primary N) is 1. The molecule has 7 nitrogen and oxygen atoms in total. The van der Waals surface area contributed by atoms with E-state index in [1.54, 1.807) is 4.68 Å². The number of amides is 2. The third-order valence-corrected chi connectivity index (χ3v) is 4.40. The van der Waals surface area contributed by atoms with E-state index in [4.69, 9.17) is 10.8 Å². The van der Waals surface area contributed by atoms with Gasteiger partial charge in [-0.15, -0.1) is 12.4 Å². The molecule has 0 spiro atoms. The van der Waals surface area contributed by atoms with E-state index >= 15 is 0 Å². The molecular formula is C18H24ClN5O2. The summed E-state index contributed by atoms with van der Waals surface area (Å²) in [6, 6.07) is 11.6. The smallest absolute Gasteiger partial charge is 0.244 e. The molecule has 140 valence electrons. The molecule has 2 amide bonds. The maximum Gasteiger partial charge on any atom is 0.244 e. The zero-order valence-corrected chi connectivity index (χ0v) is 15.3. The van der Waals surface area contributed by atoms with Crippen molar-refractivity contribution >= 4 is 30.0 Å². The van der Waals surface area contributed by atoms with E-state index in [9.17, 15) is 9.59 Å². The van der Waals surface area contributed by atoms with Gasteiger partial charge in [0, 0.05) is 12.0 Å². The molecule has 1 aromatic carbocycles. The SMILES string of the molecule is Cl.NCC(=O)NCC(=O)Nc1cc(C2CCCC2)nn1-c1ccccc1. The zero-order chi connectivity index (χ0) is 17.6. The molecular weight excluding hydrogens is 354 g/mol. The molecule has 2 aromatic rings. The Morgan fingerprint density at radius 1 is 1.15 bits per heavy atom. The molecule has 1 saturated carbocycles. The van der Waals surface area contributed by atoms with Crippen molar-refractivity contribution in [3.8, 4) is 5.69 Å². The highest BCUT2D eigenvalue weighted by Crippen LogP contribution is 2.35. The number of hydrogen-bond acceptors (Lipinski definition) is 4. The number of nitrogens with zero attached hydrogens (tertiary/aromatic N) is 2. The minimum atomic E-state index is -0.363. The molecule has 4 N–H and O–H groups in total. The summed E-state index contributed by atoms with van der Waals surface area (Å²) in [5.74, 6) is 0.382. The highest BCUT2D eigenvalue weighted by molar-refractivity contribution is 5.94. The van der Waals surface area contributed by atoms with E-state index < -0.39 is 0 Å². The van der Waals surface area contributed by atoms with Gasteiger partial charge in [-0.2, -0.15) is 5.10 Å². The van der Waals surface area contributed by atoms with Crippen molar-refractivity contribution in [2.45, 2.75) is 31.6 Å². The summed E-state index contributed by atoms with van der Waals surface area (Å²) in [5, 5.41) is 10.0. The number of halogens is 1. The second-order valence-corrected chi connectivity index (χ2v) is 6.21. The average molecular weight is 378 g/mol. The van der Waals surface area contributed by atoms with E-state index in [2.05, 4.69) is 10.6 Å². The van der Waals surface area contributed by atoms with Crippen LogP contribution in [0.25, 0.3) is 5.69 Å². The third kappa shape index (κ3) is 4.83. The predicted octanol–water partition coefficient (Wildman–Crippen LogP) is 1.97. The van der Waals surface area contributed by atoms with Crippen LogP contribution in [0.1, 0.15) is 37.3 Å². The Hall–Kier alpha value is -2.38. The first-order valence-corrected chi connectivity index (χ1v) is 8.59. The van der Waals surface area contributed by atoms with Crippen LogP contribution >= 0.6 is 12.4 Å². The lowest BCUT2D eigenvalue weighted by atomic mass is 10.0. The number of hydrogen-bond donors (Lipinski definition) is 3. The Morgan fingerprint density at radius 2 is 1.85 bits per heavy atom. The van der Waals surface area contributed by atoms with Crippen molar-refractivity contribution < 1.29 is 9.59 Å². The lowest BCUT2D eigenvalue weighted by Crippen LogP contribution is -2.36. The molecule has 0 bridgehead atoms. The van der Waals surface area contributed by atoms with E-state index in [0.717, 1.165) is 24.2 Å². The normalized spacial score (nSPS) is 13.9. The molecule has 8 heteroatoms. The molecule has 0 radical (unpaired) electrons. The third-order valence-electron chi connectivity index (χ3n) is 4.40. The summed E-state index contributed by atoms with van der Waals surface area (Å²) >= 11 is 0. The van der Waals surface area contributed by atoms with Crippen molar-refractivity contribution in [2.24, 2.45) is 5.73 Å². The van der Waals surface area contributed by atoms with Crippen LogP contribution < -0.4 is 16.4 Å². The Bertz CT molecular complexity index is 741. The number of rotatable bonds is 6. The van der Waals surface area contributed by atoms with Crippen molar-refractivity contribution in [1.29, 1.82) is 0 Å². The summed E-state index contributed by atoms with van der Waals surface area (Å²) in [6.07, 6.45) is 4.70. The second-order valence-electron chi connectivity index (χ2n) is 6.21. The highest BCUT2D eigenvalue weighted by Gasteiger charge is 2.22. The standard InChI is InChI=1S/C18H23N5O2.ClH/c19-11-17(24)20-12-18(25)21-16-10-15(13-6-4-5-7-13)22-23(16)14-8-2-1-3-9-14;/h1-3,8-10,13H,4-7,11-12,19H2,(H,20,24)(H,21,25);1H. The van der Waals surface area contributed by atoms with E-state index in [1.165, 1.54) is 12.8 Å². The van der Waals surface area contributed by atoms with Crippen molar-refractivity contribution in [3.63, 3.8) is 0 Å². The quantitative estimate of drug-likeness (QED) is 0.716. The van der Waals surface area contributed by atoms with Gasteiger partial charge in [0.2, 0.25) is 11.8 Å². The van der Waals surface area contributed by atoms with Gasteiger partial charge in [0.25, 0.3) is 0 Å². The lowest BCUT2D eigenvalue weighted by Gasteiger charge is -2.09. The second kappa shape index (κ2) is 9.35. The Kier molecular flexibility index (Phi) is 7.17. The molecule has 1 heterocycles. The van der Waals surface area contributed by atoms with E-state index in [-0.39, 0.29) is 37.3 Å². The summed E-state index contributed by atoms with van der Waals surface area (Å²) in [6.45, 7) is -0.254. The molecule has 0 aliphatic heterocycles. The zero-order valence-electron chi connectivity index (χ0n) is 14.5. The maximum atomic E-state index is 12.1. The van der Waals surface area contributed by atoms with Gasteiger partial charge < -0.3 is 16.4 Å². The van der Waals surface area contributed by atoms with Crippen LogP contribution in [0, 0.1) is 0 Å². The number of carbonyl (C=O) groups is 2. The Morgan fingerprint density at radius 3 is 2.50 bits per heavy atom. The van der Waals surface area contributed by atoms with Gasteiger partial charge >= 0.3 is 0 Å². The largest absolute Gasteiger partial charge is 0.346 e. The highest BCUT2D eigenvalue weighted by atomic mass is 35.5. The summed E-state index contributed by atoms with van der Waals surface area (Å²) in [4.78, 5) is 23.3. The molecule has 0 atom stereocenters. The van der Waals surface area contributed by atoms with E-state index in [0.29, 0.717) is 11.7 Å². The number of anilines is 1. The number of nitrogens with one attached hydrogen (secondary N) is 2. The first-order chi connectivity index (χ1) is 12.2. The van der Waals surface area contributed by atoms with E-state index in [1.807, 2.05) is 36.4 Å². The molecule has 0 unspecified atom stereocenters. The van der Waals surface area contributed by atoms with Crippen LogP contribution in [0.5, 0.6) is 0 Å². The number of carbonyl (C=O) groups excluding carboxylic acids is 2. The monoisotopic (exact) mass is 377 g/mol. The van der Waals surface area contributed by atoms with Gasteiger partial charge in [-0.3, -0.25) is 9.59 Å². The fraction of sp³-hybridized carbons (Fsp3) is 0.389. The van der Waals surface area contributed by atoms with Crippen molar-refractivity contribution in [2.75, 3.05) is 18.4 Å². The topological polar surface area (TPSA) is 102 Å². The van der Waals surface area contributed by atoms with Crippen LogP contribution in [0.15, 0.2) is 36.4 Å². The lowest BCUT2D eigenvalue weighted by molar-refractivity contribution is -0.123. The van der Waals surface area contributed by atoms with Crippen LogP contribution in [0.4, 0.5) is 5.82 Å². The Balaban J connectivity index is 0.00000243. The first kappa shape index (κ1) is 19.9. The van der Waals surface area contributed by atoms with Gasteiger partial charge in [0.15, 0.2) is 0 Å². The number of benzene rings is 1. The molecule has 1 aliphatic carbocycles. The number of para-hydroxylation sites is 1. The summed E-state index contributed by atoms with van der Waals surface area (Å²) in [5.41, 5.74) is 7.11. The molecule has 26 heavy (non-hydrogen) atoms. The minimum absolute atomic E-state index is 0. The van der Waals surface area contributed by atoms with Gasteiger partial charge in [0.05, 0.1) is 24.5 Å². The van der Waals surface area contributed by atoms with Crippen LogP contribution in [-0.2, 0) is 9.59 Å². The van der Waals surface area contributed by atoms with Crippen LogP contribution in [-0.4, -0.2) is 34.7 Å². The maximum absolute atomic E-state index is 12.1. The molecule has 0 saturated heterocycles. The van der Waals surface area contributed by atoms with Gasteiger partial charge in [0.1, 0.15) is 5.82 Å². The molecule has 1 aliphatic rings.